The highest BCUT2D eigenvalue weighted by atomic mass is 16.3. The molecular formula is C2HN3O+. The summed E-state index contributed by atoms with van der Waals surface area (Å²) < 4.78 is 0. The SMILES string of the molecule is O=[N+]1C=[C]N=N1. The largest absolute Gasteiger partial charge is 0.306 e. The lowest BCUT2D eigenvalue weighted by Gasteiger charge is -1.52. The summed E-state index contributed by atoms with van der Waals surface area (Å²) in [6.45, 7) is 0. The molecule has 0 saturated heterocycles. The Bertz CT molecular complexity index is 111. The normalized spacial score (nSPS) is 17.0. The molecule has 0 saturated carbocycles. The summed E-state index contributed by atoms with van der Waals surface area (Å²) in [5.41, 5.74) is 0. The summed E-state index contributed by atoms with van der Waals surface area (Å²) in [6, 6.07) is 0. The number of nitrogens with zero attached hydrogens (tertiary/aromatic N) is 3. The van der Waals surface area contributed by atoms with E-state index in [4.69, 9.17) is 0 Å². The molecule has 0 aromatic carbocycles. The average molecular weight is 83.1 g/mol. The van der Waals surface area contributed by atoms with E-state index in [0.717, 1.165) is 6.20 Å². The monoisotopic (exact) mass is 83.0 g/mol. The zero-order valence-corrected chi connectivity index (χ0v) is 2.83. The third-order valence-corrected chi connectivity index (χ3v) is 0.359. The summed E-state index contributed by atoms with van der Waals surface area (Å²) in [5, 5.41) is 6.07. The van der Waals surface area contributed by atoms with Gasteiger partial charge in [0.25, 0.3) is 0 Å². The molecule has 0 N–H and O–H groups in total. The van der Waals surface area contributed by atoms with E-state index in [1.165, 1.54) is 0 Å². The van der Waals surface area contributed by atoms with Crippen LogP contribution in [0.1, 0.15) is 0 Å². The molecule has 6 heavy (non-hydrogen) atoms. The smallest absolute Gasteiger partial charge is 0.0354 e. The van der Waals surface area contributed by atoms with Gasteiger partial charge in [0, 0.05) is 0 Å². The molecule has 0 aromatic rings. The van der Waals surface area contributed by atoms with Gasteiger partial charge >= 0.3 is 6.20 Å². The highest BCUT2D eigenvalue weighted by molar-refractivity contribution is 4.56. The summed E-state index contributed by atoms with van der Waals surface area (Å²) in [4.78, 5) is 10.1. The first-order valence-corrected chi connectivity index (χ1v) is 1.35. The van der Waals surface area contributed by atoms with Gasteiger partial charge in [0.1, 0.15) is 4.87 Å². The van der Waals surface area contributed by atoms with Gasteiger partial charge < -0.3 is 0 Å². The molecule has 0 aromatic heterocycles. The highest BCUT2D eigenvalue weighted by Crippen LogP contribution is 1.88. The van der Waals surface area contributed by atoms with Crippen LogP contribution in [0.4, 0.5) is 0 Å². The van der Waals surface area contributed by atoms with Crippen molar-refractivity contribution < 1.29 is 4.87 Å². The lowest BCUT2D eigenvalue weighted by atomic mass is 11.0. The standard InChI is InChI=1S/C2HN3O/c6-5-2-1-3-4-5/h2H/q+1. The fourth-order valence-electron chi connectivity index (χ4n) is 0.171. The second kappa shape index (κ2) is 0.965. The molecule has 4 nitrogen and oxygen atoms in total. The van der Waals surface area contributed by atoms with Gasteiger partial charge in [-0.05, 0) is 4.91 Å². The third kappa shape index (κ3) is 0.314. The van der Waals surface area contributed by atoms with Crippen molar-refractivity contribution in [2.24, 2.45) is 10.3 Å². The van der Waals surface area contributed by atoms with E-state index >= 15 is 0 Å². The fraction of sp³-hybridized carbons (Fsp3) is 0. The van der Waals surface area contributed by atoms with E-state index in [0.29, 0.717) is 4.87 Å². The van der Waals surface area contributed by atoms with E-state index in [9.17, 15) is 4.91 Å². The Kier molecular flexibility index (Phi) is 0.506. The summed E-state index contributed by atoms with van der Waals surface area (Å²) in [6.07, 6.45) is 3.32. The molecule has 0 fully saturated rings. The summed E-state index contributed by atoms with van der Waals surface area (Å²) in [5.74, 6) is 0. The molecule has 4 heteroatoms. The van der Waals surface area contributed by atoms with Crippen LogP contribution in [0.2, 0.25) is 0 Å². The molecule has 1 aliphatic heterocycles. The first kappa shape index (κ1) is 3.14. The van der Waals surface area contributed by atoms with Gasteiger partial charge in [-0.15, -0.1) is 0 Å². The average Bonchev–Trinajstić information content (AvgIpc) is 1.86. The predicted octanol–water partition coefficient (Wildman–Crippen LogP) is 0.420. The Morgan fingerprint density at radius 2 is 2.67 bits per heavy atom. The lowest BCUT2D eigenvalue weighted by molar-refractivity contribution is -0.486. The maximum atomic E-state index is 9.78. The number of hydrogen-bond donors (Lipinski definition) is 0. The van der Waals surface area contributed by atoms with Crippen LogP contribution in [0.25, 0.3) is 0 Å². The maximum absolute atomic E-state index is 9.78. The minimum Gasteiger partial charge on any atom is -0.0354 e. The lowest BCUT2D eigenvalue weighted by Crippen LogP contribution is -1.76. The Morgan fingerprint density at radius 3 is 2.83 bits per heavy atom. The minimum absolute atomic E-state index is 0.333. The van der Waals surface area contributed by atoms with Crippen molar-refractivity contribution in [3.05, 3.63) is 17.3 Å². The predicted molar refractivity (Wildman–Crippen MR) is 16.3 cm³/mol. The molecule has 0 unspecified atom stereocenters. The molecule has 1 radical (unpaired) electrons. The highest BCUT2D eigenvalue weighted by Gasteiger charge is 2.02. The molecule has 1 heterocycles. The third-order valence-electron chi connectivity index (χ3n) is 0.359. The number of rotatable bonds is 0. The fourth-order valence-corrected chi connectivity index (χ4v) is 0.171. The second-order valence-corrected chi connectivity index (χ2v) is 0.750. The van der Waals surface area contributed by atoms with E-state index < -0.39 is 0 Å². The Balaban J connectivity index is 2.86. The van der Waals surface area contributed by atoms with Crippen LogP contribution < -0.4 is 0 Å². The van der Waals surface area contributed by atoms with Gasteiger partial charge in [0.2, 0.25) is 6.20 Å². The van der Waals surface area contributed by atoms with E-state index in [2.05, 4.69) is 16.5 Å². The molecule has 0 aliphatic carbocycles. The molecule has 0 spiro atoms. The van der Waals surface area contributed by atoms with Crippen LogP contribution in [0.15, 0.2) is 16.5 Å². The second-order valence-electron chi connectivity index (χ2n) is 0.750. The topological polar surface area (TPSA) is 44.8 Å². The van der Waals surface area contributed by atoms with Gasteiger partial charge in [0.15, 0.2) is 5.22 Å². The van der Waals surface area contributed by atoms with Crippen molar-refractivity contribution in [3.8, 4) is 0 Å². The van der Waals surface area contributed by atoms with Crippen molar-refractivity contribution in [3.63, 3.8) is 0 Å². The number of hydrogen-bond acceptors (Lipinski definition) is 2. The zero-order valence-electron chi connectivity index (χ0n) is 2.83. The molecule has 1 aliphatic rings. The maximum Gasteiger partial charge on any atom is 0.306 e. The van der Waals surface area contributed by atoms with Crippen LogP contribution in [0.3, 0.4) is 0 Å². The van der Waals surface area contributed by atoms with Crippen molar-refractivity contribution in [2.75, 3.05) is 0 Å². The van der Waals surface area contributed by atoms with Gasteiger partial charge in [-0.2, -0.15) is 0 Å². The molecule has 0 atom stereocenters. The van der Waals surface area contributed by atoms with Gasteiger partial charge in [0.05, 0.1) is 5.11 Å². The van der Waals surface area contributed by atoms with Gasteiger partial charge in [-0.1, -0.05) is 0 Å². The van der Waals surface area contributed by atoms with Crippen LogP contribution in [0, 0.1) is 11.1 Å². The Morgan fingerprint density at radius 1 is 1.83 bits per heavy atom. The Hall–Kier alpha value is -1.06. The molecule has 0 amide bonds. The van der Waals surface area contributed by atoms with Gasteiger partial charge in [-0.25, -0.2) is 0 Å². The molecule has 1 rings (SSSR count). The first-order valence-electron chi connectivity index (χ1n) is 1.35. The first-order chi connectivity index (χ1) is 2.89. The van der Waals surface area contributed by atoms with E-state index in [-0.39, 0.29) is 0 Å². The van der Waals surface area contributed by atoms with Crippen LogP contribution in [-0.2, 0) is 0 Å². The molecular weight excluding hydrogens is 82.0 g/mol. The van der Waals surface area contributed by atoms with E-state index in [1.54, 1.807) is 0 Å². The van der Waals surface area contributed by atoms with E-state index in [1.807, 2.05) is 0 Å². The molecule has 0 bridgehead atoms. The van der Waals surface area contributed by atoms with Crippen LogP contribution in [-0.4, -0.2) is 4.87 Å². The molecule has 29 valence electrons. The van der Waals surface area contributed by atoms with Crippen molar-refractivity contribution in [2.45, 2.75) is 0 Å². The van der Waals surface area contributed by atoms with Crippen LogP contribution >= 0.6 is 0 Å². The van der Waals surface area contributed by atoms with Gasteiger partial charge in [-0.3, -0.25) is 0 Å². The van der Waals surface area contributed by atoms with Crippen molar-refractivity contribution in [1.82, 2.24) is 0 Å². The van der Waals surface area contributed by atoms with Crippen LogP contribution in [0.5, 0.6) is 0 Å². The summed E-state index contributed by atoms with van der Waals surface area (Å²) in [7, 11) is 0. The zero-order chi connectivity index (χ0) is 4.41. The number of nitroso groups, excluding NO2 is 1. The quantitative estimate of drug-likeness (QED) is 0.391. The minimum atomic E-state index is 0.333. The Labute approximate surface area is 33.7 Å². The van der Waals surface area contributed by atoms with Crippen molar-refractivity contribution in [1.29, 1.82) is 0 Å². The van der Waals surface area contributed by atoms with Crippen molar-refractivity contribution >= 4 is 0 Å². The summed E-state index contributed by atoms with van der Waals surface area (Å²) >= 11 is 0.